The van der Waals surface area contributed by atoms with Crippen LogP contribution < -0.4 is 9.47 Å². The summed E-state index contributed by atoms with van der Waals surface area (Å²) in [6.07, 6.45) is 2.09. The van der Waals surface area contributed by atoms with E-state index < -0.39 is 12.3 Å². The predicted molar refractivity (Wildman–Crippen MR) is 87.9 cm³/mol. The maximum absolute atomic E-state index is 11.2. The van der Waals surface area contributed by atoms with Crippen LogP contribution in [0.2, 0.25) is 0 Å². The molecule has 0 saturated carbocycles. The molecule has 0 bridgehead atoms. The quantitative estimate of drug-likeness (QED) is 0.477. The second-order valence-electron chi connectivity index (χ2n) is 4.55. The average Bonchev–Trinajstić information content (AvgIpc) is 2.62. The summed E-state index contributed by atoms with van der Waals surface area (Å²) in [5, 5.41) is 0. The van der Waals surface area contributed by atoms with Crippen molar-refractivity contribution in [2.45, 2.75) is 0 Å². The normalized spacial score (nSPS) is 10.2. The Balaban J connectivity index is 2.11. The number of rotatable bonds is 4. The number of hydrogen-bond acceptors (Lipinski definition) is 6. The lowest BCUT2D eigenvalue weighted by Crippen LogP contribution is -2.07. The van der Waals surface area contributed by atoms with Crippen molar-refractivity contribution in [2.75, 3.05) is 14.2 Å². The first-order valence-corrected chi connectivity index (χ1v) is 7.01. The second-order valence-corrected chi connectivity index (χ2v) is 4.55. The van der Waals surface area contributed by atoms with Gasteiger partial charge in [0.25, 0.3) is 0 Å². The molecule has 24 heavy (non-hydrogen) atoms. The van der Waals surface area contributed by atoms with E-state index in [1.165, 1.54) is 14.2 Å². The van der Waals surface area contributed by atoms with E-state index in [1.54, 1.807) is 42.5 Å². The molecule has 0 aromatic heterocycles. The number of para-hydroxylation sites is 1. The molecule has 0 heterocycles. The highest BCUT2D eigenvalue weighted by Gasteiger charge is 2.06. The van der Waals surface area contributed by atoms with Crippen LogP contribution in [0, 0.1) is 0 Å². The highest BCUT2D eigenvalue weighted by atomic mass is 16.7. The van der Waals surface area contributed by atoms with E-state index in [9.17, 15) is 9.59 Å². The fraction of sp³-hybridized carbons (Fsp3) is 0.111. The van der Waals surface area contributed by atoms with Crippen molar-refractivity contribution in [3.63, 3.8) is 0 Å². The van der Waals surface area contributed by atoms with Crippen LogP contribution in [0.3, 0.4) is 0 Å². The van der Waals surface area contributed by atoms with Gasteiger partial charge in [0.15, 0.2) is 0 Å². The van der Waals surface area contributed by atoms with Crippen LogP contribution in [0.4, 0.5) is 9.59 Å². The van der Waals surface area contributed by atoms with Crippen molar-refractivity contribution < 1.29 is 28.5 Å². The third-order valence-corrected chi connectivity index (χ3v) is 2.98. The number of methoxy groups -OCH3 is 2. The SMILES string of the molecule is COC(=O)Oc1ccc(/C=C/c2ccccc2OC(=O)OC)cc1. The zero-order valence-corrected chi connectivity index (χ0v) is 13.2. The summed E-state index contributed by atoms with van der Waals surface area (Å²) in [5.41, 5.74) is 1.60. The summed E-state index contributed by atoms with van der Waals surface area (Å²) >= 11 is 0. The summed E-state index contributed by atoms with van der Waals surface area (Å²) in [7, 11) is 2.49. The number of carbonyl (C=O) groups is 2. The van der Waals surface area contributed by atoms with Crippen molar-refractivity contribution in [1.82, 2.24) is 0 Å². The molecule has 0 aliphatic carbocycles. The van der Waals surface area contributed by atoms with Gasteiger partial charge in [-0.25, -0.2) is 9.59 Å². The Labute approximate surface area is 139 Å². The van der Waals surface area contributed by atoms with Gasteiger partial charge in [-0.05, 0) is 23.8 Å². The molecule has 2 aromatic carbocycles. The fourth-order valence-corrected chi connectivity index (χ4v) is 1.81. The van der Waals surface area contributed by atoms with E-state index in [4.69, 9.17) is 9.47 Å². The summed E-state index contributed by atoms with van der Waals surface area (Å²) in [4.78, 5) is 22.3. The molecular weight excluding hydrogens is 312 g/mol. The van der Waals surface area contributed by atoms with Crippen LogP contribution in [-0.4, -0.2) is 26.5 Å². The summed E-state index contributed by atoms with van der Waals surface area (Å²) < 4.78 is 18.9. The fourth-order valence-electron chi connectivity index (χ4n) is 1.81. The Morgan fingerprint density at radius 2 is 1.42 bits per heavy atom. The lowest BCUT2D eigenvalue weighted by atomic mass is 10.1. The molecule has 0 N–H and O–H groups in total. The van der Waals surface area contributed by atoms with E-state index in [1.807, 2.05) is 18.2 Å². The maximum atomic E-state index is 11.2. The maximum Gasteiger partial charge on any atom is 0.513 e. The Morgan fingerprint density at radius 1 is 0.792 bits per heavy atom. The van der Waals surface area contributed by atoms with Crippen LogP contribution in [-0.2, 0) is 9.47 Å². The molecule has 2 aromatic rings. The average molecular weight is 328 g/mol. The van der Waals surface area contributed by atoms with Gasteiger partial charge < -0.3 is 18.9 Å². The first kappa shape index (κ1) is 17.1. The largest absolute Gasteiger partial charge is 0.513 e. The molecule has 6 nitrogen and oxygen atoms in total. The summed E-state index contributed by atoms with van der Waals surface area (Å²) in [6, 6.07) is 13.9. The van der Waals surface area contributed by atoms with Crippen molar-refractivity contribution in [1.29, 1.82) is 0 Å². The molecular formula is C18H16O6. The molecule has 0 amide bonds. The van der Waals surface area contributed by atoms with Crippen LogP contribution in [0.5, 0.6) is 11.5 Å². The van der Waals surface area contributed by atoms with Gasteiger partial charge in [0.2, 0.25) is 0 Å². The lowest BCUT2D eigenvalue weighted by Gasteiger charge is -2.06. The molecule has 124 valence electrons. The molecule has 2 rings (SSSR count). The minimum atomic E-state index is -0.778. The predicted octanol–water partition coefficient (Wildman–Crippen LogP) is 4.15. The van der Waals surface area contributed by atoms with E-state index in [-0.39, 0.29) is 0 Å². The molecule has 0 radical (unpaired) electrons. The molecule has 0 saturated heterocycles. The monoisotopic (exact) mass is 328 g/mol. The number of carbonyl (C=O) groups excluding carboxylic acids is 2. The molecule has 0 aliphatic heterocycles. The van der Waals surface area contributed by atoms with Gasteiger partial charge in [-0.3, -0.25) is 0 Å². The zero-order valence-electron chi connectivity index (χ0n) is 13.2. The van der Waals surface area contributed by atoms with Crippen LogP contribution in [0.1, 0.15) is 11.1 Å². The first-order chi connectivity index (χ1) is 11.6. The zero-order chi connectivity index (χ0) is 17.4. The second kappa shape index (κ2) is 8.38. The Bertz CT molecular complexity index is 733. The van der Waals surface area contributed by atoms with E-state index in [0.29, 0.717) is 11.5 Å². The molecule has 0 spiro atoms. The highest BCUT2D eigenvalue weighted by Crippen LogP contribution is 2.22. The third-order valence-electron chi connectivity index (χ3n) is 2.98. The topological polar surface area (TPSA) is 71.1 Å². The standard InChI is InChI=1S/C18H16O6/c1-21-17(19)23-15-11-8-13(9-12-15)7-10-14-5-3-4-6-16(14)24-18(20)22-2/h3-12H,1-2H3/b10-7+. The Morgan fingerprint density at radius 3 is 2.08 bits per heavy atom. The van der Waals surface area contributed by atoms with Gasteiger partial charge in [0.1, 0.15) is 11.5 Å². The van der Waals surface area contributed by atoms with Gasteiger partial charge >= 0.3 is 12.3 Å². The van der Waals surface area contributed by atoms with Crippen molar-refractivity contribution in [3.05, 3.63) is 59.7 Å². The summed E-state index contributed by atoms with van der Waals surface area (Å²) in [5.74, 6) is 0.777. The lowest BCUT2D eigenvalue weighted by molar-refractivity contribution is 0.120. The molecule has 0 aliphatic rings. The Hall–Kier alpha value is -3.28. The summed E-state index contributed by atoms with van der Waals surface area (Å²) in [6.45, 7) is 0. The Kier molecular flexibility index (Phi) is 5.96. The van der Waals surface area contributed by atoms with Gasteiger partial charge in [-0.15, -0.1) is 0 Å². The van der Waals surface area contributed by atoms with E-state index in [0.717, 1.165) is 11.1 Å². The van der Waals surface area contributed by atoms with Crippen LogP contribution in [0.25, 0.3) is 12.2 Å². The minimum absolute atomic E-state index is 0.383. The van der Waals surface area contributed by atoms with Crippen molar-refractivity contribution in [3.8, 4) is 11.5 Å². The van der Waals surface area contributed by atoms with Crippen molar-refractivity contribution in [2.24, 2.45) is 0 Å². The smallest absolute Gasteiger partial charge is 0.437 e. The minimum Gasteiger partial charge on any atom is -0.437 e. The molecule has 0 unspecified atom stereocenters. The molecule has 0 atom stereocenters. The number of hydrogen-bond donors (Lipinski definition) is 0. The van der Waals surface area contributed by atoms with Crippen molar-refractivity contribution >= 4 is 24.5 Å². The van der Waals surface area contributed by atoms with Gasteiger partial charge in [-0.2, -0.15) is 0 Å². The first-order valence-electron chi connectivity index (χ1n) is 7.01. The highest BCUT2D eigenvalue weighted by molar-refractivity contribution is 5.75. The van der Waals surface area contributed by atoms with E-state index >= 15 is 0 Å². The third kappa shape index (κ3) is 4.88. The number of benzene rings is 2. The molecule has 0 fully saturated rings. The van der Waals surface area contributed by atoms with Crippen LogP contribution >= 0.6 is 0 Å². The molecule has 6 heteroatoms. The van der Waals surface area contributed by atoms with Gasteiger partial charge in [0.05, 0.1) is 14.2 Å². The van der Waals surface area contributed by atoms with Gasteiger partial charge in [-0.1, -0.05) is 42.5 Å². The van der Waals surface area contributed by atoms with Gasteiger partial charge in [0, 0.05) is 5.56 Å². The van der Waals surface area contributed by atoms with E-state index in [2.05, 4.69) is 9.47 Å². The van der Waals surface area contributed by atoms with Crippen LogP contribution in [0.15, 0.2) is 48.5 Å². The number of ether oxygens (including phenoxy) is 4.